The average molecular weight is 493 g/mol. The highest BCUT2D eigenvalue weighted by Crippen LogP contribution is 2.40. The van der Waals surface area contributed by atoms with Gasteiger partial charge in [0.1, 0.15) is 11.4 Å². The zero-order valence-corrected chi connectivity index (χ0v) is 16.8. The Hall–Kier alpha value is -2.88. The molecular formula is C15H15ClF6N6O4. The van der Waals surface area contributed by atoms with Gasteiger partial charge in [0.15, 0.2) is 0 Å². The van der Waals surface area contributed by atoms with E-state index < -0.39 is 45.9 Å². The van der Waals surface area contributed by atoms with Crippen molar-refractivity contribution in [3.05, 3.63) is 32.9 Å². The molecule has 3 heterocycles. The monoisotopic (exact) mass is 492 g/mol. The minimum absolute atomic E-state index is 0.0128. The van der Waals surface area contributed by atoms with E-state index in [-0.39, 0.29) is 17.8 Å². The van der Waals surface area contributed by atoms with E-state index in [1.165, 1.54) is 7.05 Å². The number of rotatable bonds is 4. The van der Waals surface area contributed by atoms with E-state index >= 15 is 0 Å². The second kappa shape index (κ2) is 9.72. The van der Waals surface area contributed by atoms with Crippen LogP contribution < -0.4 is 10.5 Å². The van der Waals surface area contributed by atoms with E-state index in [0.29, 0.717) is 25.8 Å². The van der Waals surface area contributed by atoms with Crippen LogP contribution in [0.2, 0.25) is 5.28 Å². The fourth-order valence-corrected chi connectivity index (χ4v) is 2.66. The summed E-state index contributed by atoms with van der Waals surface area (Å²) in [5, 5.41) is 13.7. The predicted molar refractivity (Wildman–Crippen MR) is 95.7 cm³/mol. The molecule has 1 atom stereocenters. The molecule has 0 aliphatic carbocycles. The Kier molecular flexibility index (Phi) is 7.71. The van der Waals surface area contributed by atoms with Crippen molar-refractivity contribution >= 4 is 23.1 Å². The van der Waals surface area contributed by atoms with Crippen molar-refractivity contribution in [1.82, 2.24) is 19.7 Å². The van der Waals surface area contributed by atoms with Crippen LogP contribution in [0.4, 0.5) is 37.8 Å². The summed E-state index contributed by atoms with van der Waals surface area (Å²) < 4.78 is 85.0. The molecule has 0 saturated carbocycles. The standard InChI is InChI=1S/C10H12F3N3O4.C5H3ClF3N3/c1-15-9(20-5-6-2-3-19-4-6)7(16(17)18)8(14-15)10(11,12)13;6-4-11-1-2(3(10)12-4)5(7,8)9/h6H,2-5H2,1H3;1H,(H2,10,11,12). The Balaban J connectivity index is 0.000000258. The number of ether oxygens (including phenoxy) is 2. The molecule has 2 N–H and O–H groups in total. The molecule has 0 aromatic carbocycles. The number of nitrogens with zero attached hydrogens (tertiary/aromatic N) is 5. The van der Waals surface area contributed by atoms with Crippen LogP contribution in [0.15, 0.2) is 6.20 Å². The van der Waals surface area contributed by atoms with Crippen molar-refractivity contribution in [2.45, 2.75) is 18.8 Å². The lowest BCUT2D eigenvalue weighted by atomic mass is 10.1. The van der Waals surface area contributed by atoms with Crippen molar-refractivity contribution < 1.29 is 40.7 Å². The van der Waals surface area contributed by atoms with E-state index in [1.807, 2.05) is 0 Å². The van der Waals surface area contributed by atoms with E-state index in [9.17, 15) is 36.5 Å². The summed E-state index contributed by atoms with van der Waals surface area (Å²) in [6, 6.07) is 0. The van der Waals surface area contributed by atoms with Gasteiger partial charge in [-0.15, -0.1) is 0 Å². The van der Waals surface area contributed by atoms with Crippen molar-refractivity contribution in [1.29, 1.82) is 0 Å². The molecule has 1 aliphatic rings. The average Bonchev–Trinajstić information content (AvgIpc) is 3.26. The van der Waals surface area contributed by atoms with Crippen molar-refractivity contribution in [3.8, 4) is 5.88 Å². The molecule has 0 spiro atoms. The van der Waals surface area contributed by atoms with Crippen molar-refractivity contribution in [2.75, 3.05) is 25.6 Å². The molecule has 178 valence electrons. The number of anilines is 1. The van der Waals surface area contributed by atoms with Gasteiger partial charge in [-0.3, -0.25) is 10.1 Å². The molecule has 0 radical (unpaired) electrons. The first-order valence-electron chi connectivity index (χ1n) is 8.56. The lowest BCUT2D eigenvalue weighted by Gasteiger charge is -2.09. The van der Waals surface area contributed by atoms with Crippen LogP contribution in [0, 0.1) is 16.0 Å². The summed E-state index contributed by atoms with van der Waals surface area (Å²) in [5.74, 6) is -1.14. The maximum absolute atomic E-state index is 12.7. The Morgan fingerprint density at radius 2 is 2.00 bits per heavy atom. The minimum Gasteiger partial charge on any atom is -0.473 e. The van der Waals surface area contributed by atoms with Crippen LogP contribution in [-0.2, 0) is 24.1 Å². The third kappa shape index (κ3) is 6.32. The van der Waals surface area contributed by atoms with Crippen molar-refractivity contribution in [2.24, 2.45) is 13.0 Å². The van der Waals surface area contributed by atoms with Crippen LogP contribution in [0.1, 0.15) is 17.7 Å². The number of nitro groups is 1. The highest BCUT2D eigenvalue weighted by molar-refractivity contribution is 6.28. The molecule has 10 nitrogen and oxygen atoms in total. The van der Waals surface area contributed by atoms with Gasteiger partial charge in [-0.1, -0.05) is 0 Å². The van der Waals surface area contributed by atoms with Crippen LogP contribution in [-0.4, -0.2) is 44.5 Å². The van der Waals surface area contributed by atoms with Crippen LogP contribution in [0.5, 0.6) is 5.88 Å². The lowest BCUT2D eigenvalue weighted by molar-refractivity contribution is -0.389. The fraction of sp³-hybridized carbons (Fsp3) is 0.533. The summed E-state index contributed by atoms with van der Waals surface area (Å²) in [4.78, 5) is 16.0. The molecule has 0 amide bonds. The van der Waals surface area contributed by atoms with Gasteiger partial charge >= 0.3 is 18.0 Å². The number of nitrogens with two attached hydrogens (primary N) is 1. The first-order chi connectivity index (χ1) is 14.7. The minimum atomic E-state index is -4.90. The van der Waals surface area contributed by atoms with Gasteiger partial charge in [0.05, 0.1) is 18.1 Å². The first-order valence-corrected chi connectivity index (χ1v) is 8.94. The number of alkyl halides is 6. The lowest BCUT2D eigenvalue weighted by Crippen LogP contribution is -2.14. The SMILES string of the molecule is Cn1nc(C(F)(F)F)c([N+](=O)[O-])c1OCC1CCOC1.Nc1nc(Cl)ncc1C(F)(F)F. The quantitative estimate of drug-likeness (QED) is 0.297. The number of halogens is 7. The summed E-state index contributed by atoms with van der Waals surface area (Å²) in [6.07, 6.45) is -8.19. The second-order valence-electron chi connectivity index (χ2n) is 6.36. The van der Waals surface area contributed by atoms with Gasteiger partial charge in [0.25, 0.3) is 5.88 Å². The largest absolute Gasteiger partial charge is 0.473 e. The molecule has 32 heavy (non-hydrogen) atoms. The molecule has 1 aliphatic heterocycles. The van der Waals surface area contributed by atoms with Gasteiger partial charge in [0.2, 0.25) is 11.0 Å². The Bertz CT molecular complexity index is 961. The molecule has 2 aromatic rings. The van der Waals surface area contributed by atoms with E-state index in [2.05, 4.69) is 15.1 Å². The van der Waals surface area contributed by atoms with Gasteiger partial charge in [-0.25, -0.2) is 14.6 Å². The number of nitrogen functional groups attached to an aromatic ring is 1. The molecule has 1 fully saturated rings. The maximum Gasteiger partial charge on any atom is 0.442 e. The third-order valence-electron chi connectivity index (χ3n) is 4.00. The number of aryl methyl sites for hydroxylation is 1. The first kappa shape index (κ1) is 25.4. The highest BCUT2D eigenvalue weighted by atomic mass is 35.5. The summed E-state index contributed by atoms with van der Waals surface area (Å²) in [7, 11) is 1.17. The predicted octanol–water partition coefficient (Wildman–Crippen LogP) is 3.49. The van der Waals surface area contributed by atoms with E-state index in [4.69, 9.17) is 26.8 Å². The highest BCUT2D eigenvalue weighted by Gasteiger charge is 2.46. The zero-order chi connectivity index (χ0) is 24.3. The summed E-state index contributed by atoms with van der Waals surface area (Å²) in [5.41, 5.74) is 1.17. The van der Waals surface area contributed by atoms with Gasteiger partial charge < -0.3 is 15.2 Å². The van der Waals surface area contributed by atoms with Crippen LogP contribution >= 0.6 is 11.6 Å². The Labute approximate surface area is 180 Å². The smallest absolute Gasteiger partial charge is 0.442 e. The molecule has 1 unspecified atom stereocenters. The van der Waals surface area contributed by atoms with Gasteiger partial charge in [-0.05, 0) is 18.0 Å². The van der Waals surface area contributed by atoms with Crippen molar-refractivity contribution in [3.63, 3.8) is 0 Å². The molecule has 0 bridgehead atoms. The summed E-state index contributed by atoms with van der Waals surface area (Å²) in [6.45, 7) is 1.03. The van der Waals surface area contributed by atoms with Crippen LogP contribution in [0.3, 0.4) is 0 Å². The molecular weight excluding hydrogens is 478 g/mol. The maximum atomic E-state index is 12.7. The second-order valence-corrected chi connectivity index (χ2v) is 6.70. The Morgan fingerprint density at radius 1 is 1.34 bits per heavy atom. The number of aromatic nitrogens is 4. The normalized spacial score (nSPS) is 16.4. The van der Waals surface area contributed by atoms with E-state index in [0.717, 1.165) is 4.68 Å². The van der Waals surface area contributed by atoms with Crippen LogP contribution in [0.25, 0.3) is 0 Å². The molecule has 17 heteroatoms. The molecule has 1 saturated heterocycles. The molecule has 3 rings (SSSR count). The Morgan fingerprint density at radius 3 is 2.47 bits per heavy atom. The zero-order valence-electron chi connectivity index (χ0n) is 16.1. The van der Waals surface area contributed by atoms with Gasteiger partial charge in [-0.2, -0.15) is 31.4 Å². The summed E-state index contributed by atoms with van der Waals surface area (Å²) >= 11 is 5.20. The third-order valence-corrected chi connectivity index (χ3v) is 4.18. The fourth-order valence-electron chi connectivity index (χ4n) is 2.52. The van der Waals surface area contributed by atoms with E-state index in [1.54, 1.807) is 0 Å². The topological polar surface area (TPSA) is 131 Å². The number of hydrogen-bond donors (Lipinski definition) is 1. The van der Waals surface area contributed by atoms with Gasteiger partial charge in [0, 0.05) is 25.8 Å². The molecule has 2 aromatic heterocycles. The number of hydrogen-bond acceptors (Lipinski definition) is 8.